The highest BCUT2D eigenvalue weighted by Gasteiger charge is 2.22. The number of nitrogens with one attached hydrogen (secondary N) is 2. The number of piperazine rings is 1. The fourth-order valence-corrected chi connectivity index (χ4v) is 3.47. The SMILES string of the molecule is Cc1c(F)cccc1NC(=O)N1CCN(Cc2nc3ccccc3c(=O)[nH]2)CC1. The van der Waals surface area contributed by atoms with Crippen LogP contribution >= 0.6 is 0 Å². The van der Waals surface area contributed by atoms with Gasteiger partial charge in [0.25, 0.3) is 5.56 Å². The Kier molecular flexibility index (Phi) is 5.26. The number of urea groups is 1. The summed E-state index contributed by atoms with van der Waals surface area (Å²) in [7, 11) is 0. The van der Waals surface area contributed by atoms with Gasteiger partial charge in [-0.15, -0.1) is 0 Å². The number of benzene rings is 2. The van der Waals surface area contributed by atoms with E-state index in [0.717, 1.165) is 0 Å². The Labute approximate surface area is 167 Å². The van der Waals surface area contributed by atoms with Gasteiger partial charge in [-0.2, -0.15) is 0 Å². The molecule has 0 bridgehead atoms. The van der Waals surface area contributed by atoms with E-state index in [1.807, 2.05) is 18.2 Å². The van der Waals surface area contributed by atoms with Gasteiger partial charge in [-0.05, 0) is 31.2 Å². The van der Waals surface area contributed by atoms with Crippen molar-refractivity contribution in [1.29, 1.82) is 0 Å². The third kappa shape index (κ3) is 4.12. The number of carbonyl (C=O) groups excluding carboxylic acids is 1. The number of nitrogens with zero attached hydrogens (tertiary/aromatic N) is 3. The third-order valence-electron chi connectivity index (χ3n) is 5.20. The Morgan fingerprint density at radius 3 is 2.69 bits per heavy atom. The van der Waals surface area contributed by atoms with Crippen LogP contribution in [0.15, 0.2) is 47.3 Å². The average Bonchev–Trinajstić information content (AvgIpc) is 2.72. The molecule has 4 rings (SSSR count). The van der Waals surface area contributed by atoms with Crippen molar-refractivity contribution in [3.05, 3.63) is 70.0 Å². The van der Waals surface area contributed by atoms with Crippen molar-refractivity contribution in [2.45, 2.75) is 13.5 Å². The van der Waals surface area contributed by atoms with E-state index >= 15 is 0 Å². The number of hydrogen-bond donors (Lipinski definition) is 2. The Balaban J connectivity index is 1.36. The van der Waals surface area contributed by atoms with Crippen molar-refractivity contribution in [1.82, 2.24) is 19.8 Å². The lowest BCUT2D eigenvalue weighted by molar-refractivity contribution is 0.141. The van der Waals surface area contributed by atoms with Crippen LogP contribution in [-0.2, 0) is 6.54 Å². The molecule has 1 aromatic heterocycles. The van der Waals surface area contributed by atoms with E-state index < -0.39 is 0 Å². The number of aromatic amines is 1. The lowest BCUT2D eigenvalue weighted by Gasteiger charge is -2.34. The minimum atomic E-state index is -0.343. The summed E-state index contributed by atoms with van der Waals surface area (Å²) in [6.07, 6.45) is 0. The molecular weight excluding hydrogens is 373 g/mol. The van der Waals surface area contributed by atoms with Crippen LogP contribution in [0.3, 0.4) is 0 Å². The molecule has 3 aromatic rings. The van der Waals surface area contributed by atoms with Gasteiger partial charge in [0.2, 0.25) is 0 Å². The second-order valence-corrected chi connectivity index (χ2v) is 7.14. The zero-order chi connectivity index (χ0) is 20.4. The zero-order valence-corrected chi connectivity index (χ0v) is 16.1. The maximum Gasteiger partial charge on any atom is 0.321 e. The Hall–Kier alpha value is -3.26. The number of amides is 2. The highest BCUT2D eigenvalue weighted by atomic mass is 19.1. The second kappa shape index (κ2) is 8.00. The second-order valence-electron chi connectivity index (χ2n) is 7.14. The maximum atomic E-state index is 13.7. The van der Waals surface area contributed by atoms with Crippen molar-refractivity contribution in [3.8, 4) is 0 Å². The van der Waals surface area contributed by atoms with Gasteiger partial charge in [0.1, 0.15) is 11.6 Å². The monoisotopic (exact) mass is 395 g/mol. The summed E-state index contributed by atoms with van der Waals surface area (Å²) in [6, 6.07) is 11.6. The molecule has 2 amide bonds. The summed E-state index contributed by atoms with van der Waals surface area (Å²) in [5, 5.41) is 3.36. The third-order valence-corrected chi connectivity index (χ3v) is 5.20. The first kappa shape index (κ1) is 19.1. The molecule has 0 radical (unpaired) electrons. The first-order valence-electron chi connectivity index (χ1n) is 9.52. The lowest BCUT2D eigenvalue weighted by atomic mass is 10.2. The predicted octanol–water partition coefficient (Wildman–Crippen LogP) is 2.72. The fourth-order valence-electron chi connectivity index (χ4n) is 3.47. The molecule has 2 heterocycles. The molecule has 0 saturated carbocycles. The van der Waals surface area contributed by atoms with E-state index in [9.17, 15) is 14.0 Å². The van der Waals surface area contributed by atoms with Crippen LogP contribution < -0.4 is 10.9 Å². The number of para-hydroxylation sites is 1. The van der Waals surface area contributed by atoms with E-state index in [2.05, 4.69) is 20.2 Å². The molecule has 0 spiro atoms. The molecule has 0 aliphatic carbocycles. The summed E-state index contributed by atoms with van der Waals surface area (Å²) >= 11 is 0. The molecule has 2 aromatic carbocycles. The van der Waals surface area contributed by atoms with Crippen molar-refractivity contribution >= 4 is 22.6 Å². The van der Waals surface area contributed by atoms with Gasteiger partial charge >= 0.3 is 6.03 Å². The molecule has 7 nitrogen and oxygen atoms in total. The van der Waals surface area contributed by atoms with E-state index in [0.29, 0.717) is 60.7 Å². The fraction of sp³-hybridized carbons (Fsp3) is 0.286. The average molecular weight is 395 g/mol. The van der Waals surface area contributed by atoms with Crippen LogP contribution in [0, 0.1) is 12.7 Å². The van der Waals surface area contributed by atoms with Crippen LogP contribution in [-0.4, -0.2) is 52.0 Å². The summed E-state index contributed by atoms with van der Waals surface area (Å²) in [5.74, 6) is 0.270. The molecule has 1 aliphatic heterocycles. The van der Waals surface area contributed by atoms with Crippen molar-refractivity contribution in [2.75, 3.05) is 31.5 Å². The van der Waals surface area contributed by atoms with Gasteiger partial charge in [0, 0.05) is 37.4 Å². The highest BCUT2D eigenvalue weighted by molar-refractivity contribution is 5.90. The molecule has 1 fully saturated rings. The summed E-state index contributed by atoms with van der Waals surface area (Å²) in [6.45, 7) is 4.55. The molecule has 1 saturated heterocycles. The summed E-state index contributed by atoms with van der Waals surface area (Å²) in [4.78, 5) is 35.9. The quantitative estimate of drug-likeness (QED) is 0.715. The number of anilines is 1. The van der Waals surface area contributed by atoms with Crippen LogP contribution in [0.2, 0.25) is 0 Å². The highest BCUT2D eigenvalue weighted by Crippen LogP contribution is 2.18. The van der Waals surface area contributed by atoms with Crippen LogP contribution in [0.1, 0.15) is 11.4 Å². The van der Waals surface area contributed by atoms with Gasteiger partial charge < -0.3 is 15.2 Å². The van der Waals surface area contributed by atoms with E-state index in [-0.39, 0.29) is 17.4 Å². The Bertz CT molecular complexity index is 1110. The molecular formula is C21H22FN5O2. The molecule has 2 N–H and O–H groups in total. The maximum absolute atomic E-state index is 13.7. The largest absolute Gasteiger partial charge is 0.322 e. The van der Waals surface area contributed by atoms with Gasteiger partial charge in [-0.1, -0.05) is 18.2 Å². The Morgan fingerprint density at radius 2 is 1.90 bits per heavy atom. The van der Waals surface area contributed by atoms with Gasteiger partial charge in [0.05, 0.1) is 17.4 Å². The number of halogens is 1. The topological polar surface area (TPSA) is 81.3 Å². The van der Waals surface area contributed by atoms with Crippen molar-refractivity contribution in [3.63, 3.8) is 0 Å². The van der Waals surface area contributed by atoms with E-state index in [4.69, 9.17) is 0 Å². The van der Waals surface area contributed by atoms with Crippen LogP contribution in [0.4, 0.5) is 14.9 Å². The smallest absolute Gasteiger partial charge is 0.321 e. The summed E-state index contributed by atoms with van der Waals surface area (Å²) in [5.41, 5.74) is 1.44. The molecule has 1 aliphatic rings. The minimum absolute atomic E-state index is 0.144. The normalized spacial score (nSPS) is 14.9. The van der Waals surface area contributed by atoms with Gasteiger partial charge in [-0.25, -0.2) is 14.2 Å². The predicted molar refractivity (Wildman–Crippen MR) is 109 cm³/mol. The molecule has 0 atom stereocenters. The molecule has 29 heavy (non-hydrogen) atoms. The zero-order valence-electron chi connectivity index (χ0n) is 16.1. The standard InChI is InChI=1S/C21H22FN5O2/c1-14-16(22)6-4-8-17(14)24-21(29)27-11-9-26(10-12-27)13-19-23-18-7-3-2-5-15(18)20(28)25-19/h2-8H,9-13H2,1H3,(H,24,29)(H,23,25,28). The number of carbonyl (C=O) groups is 1. The first-order valence-corrected chi connectivity index (χ1v) is 9.52. The number of aromatic nitrogens is 2. The lowest BCUT2D eigenvalue weighted by Crippen LogP contribution is -2.49. The summed E-state index contributed by atoms with van der Waals surface area (Å²) < 4.78 is 13.7. The van der Waals surface area contributed by atoms with Crippen LogP contribution in [0.5, 0.6) is 0 Å². The van der Waals surface area contributed by atoms with E-state index in [1.54, 1.807) is 30.0 Å². The van der Waals surface area contributed by atoms with Crippen molar-refractivity contribution in [2.24, 2.45) is 0 Å². The van der Waals surface area contributed by atoms with Crippen molar-refractivity contribution < 1.29 is 9.18 Å². The molecule has 0 unspecified atom stereocenters. The number of rotatable bonds is 3. The number of fused-ring (bicyclic) bond motifs is 1. The van der Waals surface area contributed by atoms with Crippen LogP contribution in [0.25, 0.3) is 10.9 Å². The number of hydrogen-bond acceptors (Lipinski definition) is 4. The molecule has 150 valence electrons. The van der Waals surface area contributed by atoms with E-state index in [1.165, 1.54) is 6.07 Å². The van der Waals surface area contributed by atoms with Gasteiger partial charge in [-0.3, -0.25) is 9.69 Å². The first-order chi connectivity index (χ1) is 14.0. The minimum Gasteiger partial charge on any atom is -0.322 e. The Morgan fingerprint density at radius 1 is 1.14 bits per heavy atom. The van der Waals surface area contributed by atoms with Gasteiger partial charge in [0.15, 0.2) is 0 Å². The number of H-pyrrole nitrogens is 1. The molecule has 8 heteroatoms.